The maximum atomic E-state index is 9.89. The van der Waals surface area contributed by atoms with Gasteiger partial charge in [-0.05, 0) is 50.4 Å². The normalized spacial score (nSPS) is 28.4. The first-order chi connectivity index (χ1) is 9.69. The highest BCUT2D eigenvalue weighted by Crippen LogP contribution is 2.29. The summed E-state index contributed by atoms with van der Waals surface area (Å²) in [7, 11) is 0. The average molecular weight is 274 g/mol. The molecule has 2 saturated heterocycles. The van der Waals surface area contributed by atoms with E-state index >= 15 is 0 Å². The van der Waals surface area contributed by atoms with E-state index < -0.39 is 0 Å². The first-order valence-corrected chi connectivity index (χ1v) is 7.97. The topological polar surface area (TPSA) is 26.7 Å². The van der Waals surface area contributed by atoms with Gasteiger partial charge in [0, 0.05) is 30.9 Å². The van der Waals surface area contributed by atoms with Crippen LogP contribution < -0.4 is 4.90 Å². The predicted octanol–water partition coefficient (Wildman–Crippen LogP) is 2.80. The summed E-state index contributed by atoms with van der Waals surface area (Å²) in [6, 6.07) is 9.83. The minimum atomic E-state index is -0.326. The van der Waals surface area contributed by atoms with Crippen molar-refractivity contribution in [3.8, 4) is 0 Å². The van der Waals surface area contributed by atoms with E-state index in [4.69, 9.17) is 0 Å². The van der Waals surface area contributed by atoms with Crippen molar-refractivity contribution in [1.82, 2.24) is 4.90 Å². The summed E-state index contributed by atoms with van der Waals surface area (Å²) in [5.41, 5.74) is 2.33. The molecule has 1 N–H and O–H groups in total. The Morgan fingerprint density at radius 1 is 1.25 bits per heavy atom. The van der Waals surface area contributed by atoms with E-state index in [2.05, 4.69) is 41.0 Å². The summed E-state index contributed by atoms with van der Waals surface area (Å²) in [4.78, 5) is 5.19. The molecule has 0 saturated carbocycles. The van der Waals surface area contributed by atoms with Gasteiger partial charge in [-0.3, -0.25) is 4.90 Å². The molecule has 110 valence electrons. The first-order valence-electron chi connectivity index (χ1n) is 7.97. The second-order valence-corrected chi connectivity index (χ2v) is 6.31. The highest BCUT2D eigenvalue weighted by molar-refractivity contribution is 5.49. The Labute approximate surface area is 122 Å². The molecular formula is C17H26N2O. The third kappa shape index (κ3) is 2.57. The maximum absolute atomic E-state index is 9.89. The van der Waals surface area contributed by atoms with Crippen molar-refractivity contribution in [3.05, 3.63) is 29.8 Å². The lowest BCUT2D eigenvalue weighted by atomic mass is 10.0. The lowest BCUT2D eigenvalue weighted by molar-refractivity contribution is 0.173. The number of piperazine rings is 1. The fraction of sp³-hybridized carbons (Fsp3) is 0.647. The van der Waals surface area contributed by atoms with Crippen LogP contribution in [0.15, 0.2) is 24.3 Å². The van der Waals surface area contributed by atoms with Crippen molar-refractivity contribution < 1.29 is 5.11 Å². The molecule has 3 atom stereocenters. The van der Waals surface area contributed by atoms with Crippen molar-refractivity contribution in [2.45, 2.75) is 51.3 Å². The van der Waals surface area contributed by atoms with Gasteiger partial charge in [0.15, 0.2) is 0 Å². The van der Waals surface area contributed by atoms with E-state index in [1.54, 1.807) is 0 Å². The molecule has 1 aromatic rings. The first kappa shape index (κ1) is 13.9. The van der Waals surface area contributed by atoms with Crippen molar-refractivity contribution in [3.63, 3.8) is 0 Å². The largest absolute Gasteiger partial charge is 0.388 e. The van der Waals surface area contributed by atoms with Gasteiger partial charge in [-0.15, -0.1) is 0 Å². The van der Waals surface area contributed by atoms with Crippen LogP contribution >= 0.6 is 0 Å². The second kappa shape index (κ2) is 5.74. The van der Waals surface area contributed by atoms with Crippen LogP contribution in [-0.4, -0.2) is 41.7 Å². The molecule has 1 aromatic carbocycles. The van der Waals surface area contributed by atoms with Crippen LogP contribution in [0.1, 0.15) is 44.8 Å². The van der Waals surface area contributed by atoms with Gasteiger partial charge >= 0.3 is 0 Å². The summed E-state index contributed by atoms with van der Waals surface area (Å²) in [6.07, 6.45) is 3.15. The number of hydrogen-bond acceptors (Lipinski definition) is 3. The van der Waals surface area contributed by atoms with Gasteiger partial charge < -0.3 is 10.0 Å². The molecule has 0 amide bonds. The Morgan fingerprint density at radius 3 is 2.70 bits per heavy atom. The number of rotatable bonds is 3. The van der Waals surface area contributed by atoms with Crippen molar-refractivity contribution in [1.29, 1.82) is 0 Å². The minimum Gasteiger partial charge on any atom is -0.388 e. The van der Waals surface area contributed by atoms with Gasteiger partial charge in [0.2, 0.25) is 0 Å². The summed E-state index contributed by atoms with van der Waals surface area (Å²) >= 11 is 0. The zero-order valence-corrected chi connectivity index (χ0v) is 12.6. The van der Waals surface area contributed by atoms with E-state index in [1.165, 1.54) is 31.6 Å². The number of anilines is 1. The Bertz CT molecular complexity index is 445. The summed E-state index contributed by atoms with van der Waals surface area (Å²) in [5.74, 6) is 0. The fourth-order valence-corrected chi connectivity index (χ4v) is 3.67. The van der Waals surface area contributed by atoms with Crippen LogP contribution in [0.25, 0.3) is 0 Å². The Morgan fingerprint density at radius 2 is 2.00 bits per heavy atom. The third-order valence-corrected chi connectivity index (χ3v) is 4.93. The van der Waals surface area contributed by atoms with Crippen molar-refractivity contribution >= 4 is 5.69 Å². The minimum absolute atomic E-state index is 0.326. The summed E-state index contributed by atoms with van der Waals surface area (Å²) in [6.45, 7) is 7.95. The zero-order chi connectivity index (χ0) is 14.1. The van der Waals surface area contributed by atoms with Gasteiger partial charge in [0.25, 0.3) is 0 Å². The summed E-state index contributed by atoms with van der Waals surface area (Å²) in [5, 5.41) is 9.89. The number of nitrogens with zero attached hydrogens (tertiary/aromatic N) is 2. The van der Waals surface area contributed by atoms with E-state index in [9.17, 15) is 5.11 Å². The molecule has 2 aliphatic heterocycles. The molecule has 0 bridgehead atoms. The van der Waals surface area contributed by atoms with Crippen LogP contribution in [0, 0.1) is 0 Å². The SMILES string of the molecule is CCC(O)c1ccc(N2CC3CCCN3CC2C)cc1. The second-order valence-electron chi connectivity index (χ2n) is 6.31. The fourth-order valence-electron chi connectivity index (χ4n) is 3.67. The van der Waals surface area contributed by atoms with Gasteiger partial charge in [-0.25, -0.2) is 0 Å². The van der Waals surface area contributed by atoms with Crippen LogP contribution in [-0.2, 0) is 0 Å². The van der Waals surface area contributed by atoms with Crippen molar-refractivity contribution in [2.24, 2.45) is 0 Å². The molecule has 0 aliphatic carbocycles. The van der Waals surface area contributed by atoms with E-state index in [0.29, 0.717) is 6.04 Å². The third-order valence-electron chi connectivity index (χ3n) is 4.93. The number of aliphatic hydroxyl groups is 1. The van der Waals surface area contributed by atoms with Gasteiger partial charge in [-0.2, -0.15) is 0 Å². The Hall–Kier alpha value is -1.06. The molecule has 2 heterocycles. The number of aliphatic hydroxyl groups excluding tert-OH is 1. The van der Waals surface area contributed by atoms with E-state index in [-0.39, 0.29) is 6.10 Å². The zero-order valence-electron chi connectivity index (χ0n) is 12.6. The molecule has 2 fully saturated rings. The molecule has 20 heavy (non-hydrogen) atoms. The Kier molecular flexibility index (Phi) is 3.99. The smallest absolute Gasteiger partial charge is 0.0787 e. The molecule has 2 aliphatic rings. The molecular weight excluding hydrogens is 248 g/mol. The van der Waals surface area contributed by atoms with Gasteiger partial charge in [0.05, 0.1) is 6.10 Å². The van der Waals surface area contributed by atoms with Crippen LogP contribution in [0.2, 0.25) is 0 Å². The number of hydrogen-bond donors (Lipinski definition) is 1. The average Bonchev–Trinajstić information content (AvgIpc) is 2.93. The molecule has 3 rings (SSSR count). The quantitative estimate of drug-likeness (QED) is 0.918. The summed E-state index contributed by atoms with van der Waals surface area (Å²) < 4.78 is 0. The van der Waals surface area contributed by atoms with Gasteiger partial charge in [0.1, 0.15) is 0 Å². The standard InChI is InChI=1S/C17H26N2O/c1-3-17(20)14-6-8-15(9-7-14)19-12-16-5-4-10-18(16)11-13(19)2/h6-9,13,16-17,20H,3-5,10-12H2,1-2H3. The molecule has 3 heteroatoms. The molecule has 0 aromatic heterocycles. The van der Waals surface area contributed by atoms with E-state index in [0.717, 1.165) is 24.6 Å². The van der Waals surface area contributed by atoms with E-state index in [1.807, 2.05) is 6.92 Å². The van der Waals surface area contributed by atoms with Gasteiger partial charge in [-0.1, -0.05) is 19.1 Å². The molecule has 0 spiro atoms. The van der Waals surface area contributed by atoms with Crippen molar-refractivity contribution in [2.75, 3.05) is 24.5 Å². The monoisotopic (exact) mass is 274 g/mol. The lowest BCUT2D eigenvalue weighted by Crippen LogP contribution is -2.55. The Balaban J connectivity index is 1.74. The lowest BCUT2D eigenvalue weighted by Gasteiger charge is -2.43. The van der Waals surface area contributed by atoms with Crippen LogP contribution in [0.5, 0.6) is 0 Å². The molecule has 3 nitrogen and oxygen atoms in total. The van der Waals surface area contributed by atoms with Crippen LogP contribution in [0.4, 0.5) is 5.69 Å². The number of fused-ring (bicyclic) bond motifs is 1. The highest BCUT2D eigenvalue weighted by atomic mass is 16.3. The number of benzene rings is 1. The molecule has 3 unspecified atom stereocenters. The highest BCUT2D eigenvalue weighted by Gasteiger charge is 2.34. The predicted molar refractivity (Wildman–Crippen MR) is 83.1 cm³/mol. The molecule has 0 radical (unpaired) electrons. The maximum Gasteiger partial charge on any atom is 0.0787 e. The van der Waals surface area contributed by atoms with Crippen LogP contribution in [0.3, 0.4) is 0 Å².